The largest absolute Gasteiger partial charge is 0.320 e. The Balaban J connectivity index is 1.92. The maximum Gasteiger partial charge on any atom is 0.234 e. The van der Waals surface area contributed by atoms with E-state index in [1.54, 1.807) is 16.2 Å². The van der Waals surface area contributed by atoms with E-state index < -0.39 is 11.6 Å². The average molecular weight is 325 g/mol. The van der Waals surface area contributed by atoms with E-state index in [2.05, 4.69) is 0 Å². The van der Waals surface area contributed by atoms with E-state index in [0.717, 1.165) is 10.4 Å². The fraction of sp³-hybridized carbons (Fsp3) is 0.267. The standard InChI is InChI=1S/C15H13F2NOS2/c1-9-5-6-20-14(9)15-18(13(19)8-21-15)7-10-11(16)3-2-4-12(10)17/h2-6,15H,7-8H2,1H3. The first-order valence-corrected chi connectivity index (χ1v) is 8.38. The second-order valence-electron chi connectivity index (χ2n) is 4.85. The minimum absolute atomic E-state index is 0.0354. The van der Waals surface area contributed by atoms with E-state index in [4.69, 9.17) is 0 Å². The van der Waals surface area contributed by atoms with Crippen molar-refractivity contribution >= 4 is 29.0 Å². The topological polar surface area (TPSA) is 20.3 Å². The number of hydrogen-bond donors (Lipinski definition) is 0. The van der Waals surface area contributed by atoms with Crippen molar-refractivity contribution < 1.29 is 13.6 Å². The number of aryl methyl sites for hydroxylation is 1. The molecule has 2 heterocycles. The van der Waals surface area contributed by atoms with E-state index in [0.29, 0.717) is 5.75 Å². The predicted octanol–water partition coefficient (Wildman–Crippen LogP) is 4.11. The molecule has 6 heteroatoms. The highest BCUT2D eigenvalue weighted by Gasteiger charge is 2.35. The Morgan fingerprint density at radius 1 is 1.29 bits per heavy atom. The minimum atomic E-state index is -0.610. The first-order chi connectivity index (χ1) is 10.1. The van der Waals surface area contributed by atoms with Gasteiger partial charge in [0.05, 0.1) is 12.3 Å². The van der Waals surface area contributed by atoms with Crippen LogP contribution in [0.4, 0.5) is 8.78 Å². The quantitative estimate of drug-likeness (QED) is 0.846. The zero-order valence-electron chi connectivity index (χ0n) is 11.3. The van der Waals surface area contributed by atoms with Gasteiger partial charge in [0.2, 0.25) is 5.91 Å². The maximum absolute atomic E-state index is 13.8. The van der Waals surface area contributed by atoms with E-state index in [9.17, 15) is 13.6 Å². The van der Waals surface area contributed by atoms with Gasteiger partial charge in [0.25, 0.3) is 0 Å². The number of nitrogens with zero attached hydrogens (tertiary/aromatic N) is 1. The Bertz CT molecular complexity index is 666. The number of thiophene rings is 1. The number of amides is 1. The van der Waals surface area contributed by atoms with Crippen molar-refractivity contribution in [3.05, 3.63) is 57.3 Å². The summed E-state index contributed by atoms with van der Waals surface area (Å²) in [5, 5.41) is 1.81. The third kappa shape index (κ3) is 2.70. The molecule has 1 aromatic carbocycles. The predicted molar refractivity (Wildman–Crippen MR) is 81.2 cm³/mol. The van der Waals surface area contributed by atoms with Crippen molar-refractivity contribution in [3.63, 3.8) is 0 Å². The van der Waals surface area contributed by atoms with Crippen LogP contribution >= 0.6 is 23.1 Å². The summed E-state index contributed by atoms with van der Waals surface area (Å²) in [6.45, 7) is 1.95. The van der Waals surface area contributed by atoms with Crippen molar-refractivity contribution in [2.75, 3.05) is 5.75 Å². The van der Waals surface area contributed by atoms with Crippen LogP contribution in [-0.4, -0.2) is 16.6 Å². The number of hydrogen-bond acceptors (Lipinski definition) is 3. The van der Waals surface area contributed by atoms with E-state index >= 15 is 0 Å². The van der Waals surface area contributed by atoms with Crippen molar-refractivity contribution in [1.82, 2.24) is 4.90 Å². The molecule has 0 radical (unpaired) electrons. The lowest BCUT2D eigenvalue weighted by Gasteiger charge is -2.24. The monoisotopic (exact) mass is 325 g/mol. The van der Waals surface area contributed by atoms with Crippen LogP contribution in [-0.2, 0) is 11.3 Å². The summed E-state index contributed by atoms with van der Waals surface area (Å²) < 4.78 is 27.6. The van der Waals surface area contributed by atoms with Crippen molar-refractivity contribution in [3.8, 4) is 0 Å². The summed E-state index contributed by atoms with van der Waals surface area (Å²) in [7, 11) is 0. The lowest BCUT2D eigenvalue weighted by molar-refractivity contribution is -0.128. The first kappa shape index (κ1) is 14.5. The molecule has 1 aromatic heterocycles. The van der Waals surface area contributed by atoms with Gasteiger partial charge in [-0.25, -0.2) is 8.78 Å². The summed E-state index contributed by atoms with van der Waals surface area (Å²) in [5.74, 6) is -0.957. The van der Waals surface area contributed by atoms with Gasteiger partial charge in [-0.2, -0.15) is 0 Å². The van der Waals surface area contributed by atoms with Gasteiger partial charge in [0, 0.05) is 10.4 Å². The summed E-state index contributed by atoms with van der Waals surface area (Å²) in [4.78, 5) is 14.7. The van der Waals surface area contributed by atoms with Crippen LogP contribution in [0.2, 0.25) is 0 Å². The molecule has 1 aliphatic heterocycles. The highest BCUT2D eigenvalue weighted by molar-refractivity contribution is 8.00. The van der Waals surface area contributed by atoms with E-state index in [-0.39, 0.29) is 23.4 Å². The molecule has 110 valence electrons. The van der Waals surface area contributed by atoms with Gasteiger partial charge in [0.15, 0.2) is 0 Å². The van der Waals surface area contributed by atoms with Gasteiger partial charge in [-0.05, 0) is 36.1 Å². The third-order valence-electron chi connectivity index (χ3n) is 3.48. The summed E-state index contributed by atoms with van der Waals surface area (Å²) in [6.07, 6.45) is 0. The number of thioether (sulfide) groups is 1. The summed E-state index contributed by atoms with van der Waals surface area (Å²) in [6, 6.07) is 5.76. The summed E-state index contributed by atoms with van der Waals surface area (Å²) >= 11 is 3.07. The summed E-state index contributed by atoms with van der Waals surface area (Å²) in [5.41, 5.74) is 1.05. The Hall–Kier alpha value is -1.40. The second kappa shape index (κ2) is 5.77. The number of halogens is 2. The number of benzene rings is 1. The van der Waals surface area contributed by atoms with Crippen LogP contribution in [0.15, 0.2) is 29.6 Å². The van der Waals surface area contributed by atoms with Crippen LogP contribution in [0.3, 0.4) is 0 Å². The lowest BCUT2D eigenvalue weighted by atomic mass is 10.1. The highest BCUT2D eigenvalue weighted by Crippen LogP contribution is 2.43. The molecule has 0 saturated carbocycles. The molecular weight excluding hydrogens is 312 g/mol. The van der Waals surface area contributed by atoms with Crippen LogP contribution in [0.5, 0.6) is 0 Å². The van der Waals surface area contributed by atoms with Gasteiger partial charge in [-0.1, -0.05) is 6.07 Å². The van der Waals surface area contributed by atoms with Crippen LogP contribution in [0.25, 0.3) is 0 Å². The molecule has 21 heavy (non-hydrogen) atoms. The van der Waals surface area contributed by atoms with Crippen LogP contribution < -0.4 is 0 Å². The Morgan fingerprint density at radius 2 is 2.00 bits per heavy atom. The molecule has 1 amide bonds. The molecule has 2 nitrogen and oxygen atoms in total. The molecule has 0 N–H and O–H groups in total. The van der Waals surface area contributed by atoms with Gasteiger partial charge >= 0.3 is 0 Å². The molecule has 0 spiro atoms. The molecule has 1 atom stereocenters. The SMILES string of the molecule is Cc1ccsc1C1SCC(=O)N1Cc1c(F)cccc1F. The Labute approximate surface area is 129 Å². The average Bonchev–Trinajstić information content (AvgIpc) is 3.01. The fourth-order valence-electron chi connectivity index (χ4n) is 2.33. The van der Waals surface area contributed by atoms with E-state index in [1.165, 1.54) is 30.0 Å². The van der Waals surface area contributed by atoms with E-state index in [1.807, 2.05) is 18.4 Å². The number of rotatable bonds is 3. The molecule has 0 bridgehead atoms. The number of carbonyl (C=O) groups excluding carboxylic acids is 1. The smallest absolute Gasteiger partial charge is 0.234 e. The molecule has 0 aliphatic carbocycles. The van der Waals surface area contributed by atoms with Crippen LogP contribution in [0.1, 0.15) is 21.4 Å². The van der Waals surface area contributed by atoms with Gasteiger partial charge < -0.3 is 4.90 Å². The van der Waals surface area contributed by atoms with Crippen LogP contribution in [0, 0.1) is 18.6 Å². The third-order valence-corrected chi connectivity index (χ3v) is 5.92. The molecule has 2 aromatic rings. The first-order valence-electron chi connectivity index (χ1n) is 6.46. The fourth-order valence-corrected chi connectivity index (χ4v) is 4.80. The lowest BCUT2D eigenvalue weighted by Crippen LogP contribution is -2.28. The molecule has 1 unspecified atom stereocenters. The second-order valence-corrected chi connectivity index (χ2v) is 6.87. The highest BCUT2D eigenvalue weighted by atomic mass is 32.2. The van der Waals surface area contributed by atoms with Crippen molar-refractivity contribution in [2.24, 2.45) is 0 Å². The normalized spacial score (nSPS) is 18.5. The molecule has 1 fully saturated rings. The minimum Gasteiger partial charge on any atom is -0.320 e. The number of carbonyl (C=O) groups is 1. The van der Waals surface area contributed by atoms with Gasteiger partial charge in [-0.3, -0.25) is 4.79 Å². The molecular formula is C15H13F2NOS2. The molecule has 1 saturated heterocycles. The maximum atomic E-state index is 13.8. The van der Waals surface area contributed by atoms with Gasteiger partial charge in [0.1, 0.15) is 17.0 Å². The molecule has 1 aliphatic rings. The zero-order valence-corrected chi connectivity index (χ0v) is 12.9. The van der Waals surface area contributed by atoms with Crippen molar-refractivity contribution in [2.45, 2.75) is 18.8 Å². The Kier molecular flexibility index (Phi) is 3.99. The Morgan fingerprint density at radius 3 is 2.62 bits per heavy atom. The zero-order chi connectivity index (χ0) is 15.0. The molecule has 3 rings (SSSR count). The van der Waals surface area contributed by atoms with Gasteiger partial charge in [-0.15, -0.1) is 23.1 Å². The van der Waals surface area contributed by atoms with Crippen molar-refractivity contribution in [1.29, 1.82) is 0 Å².